The van der Waals surface area contributed by atoms with Crippen LogP contribution in [-0.4, -0.2) is 9.97 Å². The van der Waals surface area contributed by atoms with Gasteiger partial charge in [0.05, 0.1) is 16.0 Å². The molecule has 3 aromatic rings. The Kier molecular flexibility index (Phi) is 1.93. The minimum absolute atomic E-state index is 0.790. The van der Waals surface area contributed by atoms with E-state index >= 15 is 0 Å². The van der Waals surface area contributed by atoms with Crippen molar-refractivity contribution in [3.8, 4) is 0 Å². The zero-order valence-electron chi connectivity index (χ0n) is 7.90. The lowest BCUT2D eigenvalue weighted by molar-refractivity contribution is 1.32. The van der Waals surface area contributed by atoms with E-state index in [1.54, 1.807) is 11.3 Å². The molecule has 2 aromatic heterocycles. The Labute approximate surface area is 90.8 Å². The van der Waals surface area contributed by atoms with E-state index in [0.29, 0.717) is 0 Å². The highest BCUT2D eigenvalue weighted by atomic mass is 32.1. The smallest absolute Gasteiger partial charge is 0.206 e. The van der Waals surface area contributed by atoms with Crippen LogP contribution in [0.5, 0.6) is 0 Å². The number of nitrogens with zero attached hydrogens (tertiary/aromatic N) is 1. The van der Waals surface area contributed by atoms with Gasteiger partial charge in [-0.2, -0.15) is 0 Å². The Morgan fingerprint density at radius 1 is 1.13 bits per heavy atom. The lowest BCUT2D eigenvalue weighted by Gasteiger charge is -1.95. The third-order valence-electron chi connectivity index (χ3n) is 2.15. The Hall–Kier alpha value is -1.81. The molecule has 0 fully saturated rings. The summed E-state index contributed by atoms with van der Waals surface area (Å²) >= 11 is 1.66. The lowest BCUT2D eigenvalue weighted by atomic mass is 10.3. The third-order valence-corrected chi connectivity index (χ3v) is 2.94. The fraction of sp³-hybridized carbons (Fsp3) is 0. The van der Waals surface area contributed by atoms with Crippen molar-refractivity contribution in [2.45, 2.75) is 0 Å². The van der Waals surface area contributed by atoms with E-state index < -0.39 is 0 Å². The first-order chi connectivity index (χ1) is 7.42. The molecular formula is C11H9N3S. The van der Waals surface area contributed by atoms with Gasteiger partial charge in [-0.1, -0.05) is 12.1 Å². The molecule has 0 amide bonds. The Balaban J connectivity index is 1.98. The second-order valence-corrected chi connectivity index (χ2v) is 4.15. The first kappa shape index (κ1) is 8.49. The standard InChI is InChI=1S/C11H9N3S/c1-2-5-9-8(4-1)12-11(13-9)14-10-6-3-7-15-10/h1-7H,(H2,12,13,14). The van der Waals surface area contributed by atoms with Crippen molar-refractivity contribution in [3.05, 3.63) is 41.8 Å². The number of fused-ring (bicyclic) bond motifs is 1. The molecule has 0 radical (unpaired) electrons. The highest BCUT2D eigenvalue weighted by Gasteiger charge is 2.01. The van der Waals surface area contributed by atoms with E-state index in [1.165, 1.54) is 0 Å². The van der Waals surface area contributed by atoms with E-state index in [2.05, 4.69) is 15.3 Å². The number of nitrogens with one attached hydrogen (secondary N) is 2. The number of aromatic amines is 1. The third kappa shape index (κ3) is 1.59. The molecule has 0 saturated carbocycles. The lowest BCUT2D eigenvalue weighted by Crippen LogP contribution is -1.88. The van der Waals surface area contributed by atoms with Crippen molar-refractivity contribution in [3.63, 3.8) is 0 Å². The highest BCUT2D eigenvalue weighted by Crippen LogP contribution is 2.21. The number of anilines is 2. The van der Waals surface area contributed by atoms with Crippen LogP contribution in [0.25, 0.3) is 11.0 Å². The topological polar surface area (TPSA) is 40.7 Å². The number of H-pyrrole nitrogens is 1. The molecule has 3 rings (SSSR count). The van der Waals surface area contributed by atoms with Gasteiger partial charge in [-0.05, 0) is 29.6 Å². The van der Waals surface area contributed by atoms with Gasteiger partial charge in [-0.25, -0.2) is 4.98 Å². The van der Waals surface area contributed by atoms with Crippen LogP contribution in [0.4, 0.5) is 10.9 Å². The van der Waals surface area contributed by atoms with Gasteiger partial charge in [0.25, 0.3) is 0 Å². The first-order valence-electron chi connectivity index (χ1n) is 4.67. The monoisotopic (exact) mass is 215 g/mol. The van der Waals surface area contributed by atoms with Crippen LogP contribution < -0.4 is 5.32 Å². The molecule has 3 nitrogen and oxygen atoms in total. The van der Waals surface area contributed by atoms with Crippen LogP contribution in [0.2, 0.25) is 0 Å². The molecule has 0 spiro atoms. The number of imidazole rings is 1. The maximum atomic E-state index is 4.43. The summed E-state index contributed by atoms with van der Waals surface area (Å²) in [5.41, 5.74) is 2.04. The molecule has 15 heavy (non-hydrogen) atoms. The van der Waals surface area contributed by atoms with Gasteiger partial charge >= 0.3 is 0 Å². The molecular weight excluding hydrogens is 206 g/mol. The van der Waals surface area contributed by atoms with Gasteiger partial charge < -0.3 is 10.3 Å². The summed E-state index contributed by atoms with van der Waals surface area (Å²) in [5.74, 6) is 0.790. The molecule has 74 valence electrons. The van der Waals surface area contributed by atoms with Gasteiger partial charge in [0.2, 0.25) is 5.95 Å². The summed E-state index contributed by atoms with van der Waals surface area (Å²) in [4.78, 5) is 7.65. The van der Waals surface area contributed by atoms with E-state index in [1.807, 2.05) is 41.8 Å². The maximum absolute atomic E-state index is 4.43. The highest BCUT2D eigenvalue weighted by molar-refractivity contribution is 7.14. The van der Waals surface area contributed by atoms with Crippen molar-refractivity contribution in [1.29, 1.82) is 0 Å². The van der Waals surface area contributed by atoms with Crippen molar-refractivity contribution in [2.24, 2.45) is 0 Å². The van der Waals surface area contributed by atoms with Crippen LogP contribution in [0.1, 0.15) is 0 Å². The Bertz CT molecular complexity index is 535. The fourth-order valence-corrected chi connectivity index (χ4v) is 2.09. The summed E-state index contributed by atoms with van der Waals surface area (Å²) in [6, 6.07) is 12.0. The van der Waals surface area contributed by atoms with Gasteiger partial charge in [0, 0.05) is 0 Å². The number of aromatic nitrogens is 2. The van der Waals surface area contributed by atoms with Crippen LogP contribution in [0, 0.1) is 0 Å². The second-order valence-electron chi connectivity index (χ2n) is 3.20. The summed E-state index contributed by atoms with van der Waals surface area (Å²) < 4.78 is 0. The normalized spacial score (nSPS) is 10.7. The van der Waals surface area contributed by atoms with Gasteiger partial charge in [0.1, 0.15) is 0 Å². The molecule has 2 heterocycles. The molecule has 0 aliphatic carbocycles. The average Bonchev–Trinajstić information content (AvgIpc) is 2.86. The molecule has 0 bridgehead atoms. The summed E-state index contributed by atoms with van der Waals surface area (Å²) in [7, 11) is 0. The molecule has 0 atom stereocenters. The second kappa shape index (κ2) is 3.40. The summed E-state index contributed by atoms with van der Waals surface area (Å²) in [5, 5.41) is 6.35. The maximum Gasteiger partial charge on any atom is 0.206 e. The van der Waals surface area contributed by atoms with E-state index in [-0.39, 0.29) is 0 Å². The molecule has 4 heteroatoms. The number of benzene rings is 1. The SMILES string of the molecule is c1csc(Nc2nc3ccccc3[nH]2)c1. The number of hydrogen-bond acceptors (Lipinski definition) is 3. The number of para-hydroxylation sites is 2. The fourth-order valence-electron chi connectivity index (χ4n) is 1.48. The van der Waals surface area contributed by atoms with Gasteiger partial charge in [-0.15, -0.1) is 11.3 Å². The molecule has 0 aliphatic heterocycles. The van der Waals surface area contributed by atoms with E-state index in [0.717, 1.165) is 22.0 Å². The van der Waals surface area contributed by atoms with Crippen LogP contribution >= 0.6 is 11.3 Å². The molecule has 0 saturated heterocycles. The molecule has 0 unspecified atom stereocenters. The van der Waals surface area contributed by atoms with Crippen molar-refractivity contribution >= 4 is 33.3 Å². The summed E-state index contributed by atoms with van der Waals surface area (Å²) in [6.45, 7) is 0. The molecule has 2 N–H and O–H groups in total. The van der Waals surface area contributed by atoms with Gasteiger partial charge in [0.15, 0.2) is 0 Å². The molecule has 1 aromatic carbocycles. The summed E-state index contributed by atoms with van der Waals surface area (Å²) in [6.07, 6.45) is 0. The predicted octanol–water partition coefficient (Wildman–Crippen LogP) is 3.37. The van der Waals surface area contributed by atoms with Crippen molar-refractivity contribution in [1.82, 2.24) is 9.97 Å². The number of rotatable bonds is 2. The minimum Gasteiger partial charge on any atom is -0.324 e. The van der Waals surface area contributed by atoms with Crippen LogP contribution in [-0.2, 0) is 0 Å². The van der Waals surface area contributed by atoms with Crippen LogP contribution in [0.3, 0.4) is 0 Å². The van der Waals surface area contributed by atoms with Crippen molar-refractivity contribution < 1.29 is 0 Å². The zero-order chi connectivity index (χ0) is 10.1. The largest absolute Gasteiger partial charge is 0.324 e. The van der Waals surface area contributed by atoms with E-state index in [9.17, 15) is 0 Å². The van der Waals surface area contributed by atoms with Crippen LogP contribution in [0.15, 0.2) is 41.8 Å². The van der Waals surface area contributed by atoms with Crippen molar-refractivity contribution in [2.75, 3.05) is 5.32 Å². The molecule has 0 aliphatic rings. The Morgan fingerprint density at radius 2 is 2.07 bits per heavy atom. The number of hydrogen-bond donors (Lipinski definition) is 2. The van der Waals surface area contributed by atoms with Gasteiger partial charge in [-0.3, -0.25) is 0 Å². The quantitative estimate of drug-likeness (QED) is 0.688. The predicted molar refractivity (Wildman–Crippen MR) is 63.7 cm³/mol. The number of thiophene rings is 1. The zero-order valence-corrected chi connectivity index (χ0v) is 8.71. The van der Waals surface area contributed by atoms with E-state index in [4.69, 9.17) is 0 Å². The average molecular weight is 215 g/mol. The Morgan fingerprint density at radius 3 is 2.87 bits per heavy atom. The minimum atomic E-state index is 0.790. The first-order valence-corrected chi connectivity index (χ1v) is 5.55.